The summed E-state index contributed by atoms with van der Waals surface area (Å²) in [5.41, 5.74) is -21.5. The number of alkyl halides is 24. The van der Waals surface area contributed by atoms with Gasteiger partial charge in [0.25, 0.3) is 0 Å². The molecule has 0 bridgehead atoms. The van der Waals surface area contributed by atoms with E-state index in [9.17, 15) is 105 Å². The molecule has 0 aliphatic heterocycles. The molecule has 0 heterocycles. The summed E-state index contributed by atoms with van der Waals surface area (Å²) in [5.74, 6) is 0. The second kappa shape index (κ2) is 26.1. The SMILES string of the molecule is CN=P([N-]C)(c1ccccc1)c1ccccc1.Cc1c(C)c(C)c(C)c(C)c1C.FC(F)(F)c1cc([B-](c2cc(C(F)(F)F)cc(C(F)(F)F)c2)(c2cc(C(F)(F)F)cc(C(F)(F)F)c2)c2cc(C(F)(F)F)cc(C(F)(F)F)c2)cc(C(F)(F)F)c1.[Ru+2]. The summed E-state index contributed by atoms with van der Waals surface area (Å²) in [6, 6.07) is 11.9. The van der Waals surface area contributed by atoms with Gasteiger partial charge in [-0.05, 0) is 110 Å². The fourth-order valence-corrected chi connectivity index (χ4v) is 12.3. The first kappa shape index (κ1) is 73.2. The molecule has 87 heavy (non-hydrogen) atoms. The van der Waals surface area contributed by atoms with Crippen LogP contribution in [0.3, 0.4) is 0 Å². The second-order valence-electron chi connectivity index (χ2n) is 19.6. The van der Waals surface area contributed by atoms with E-state index in [4.69, 9.17) is 0 Å². The van der Waals surface area contributed by atoms with E-state index in [0.29, 0.717) is 0 Å². The predicted octanol–water partition coefficient (Wildman–Crippen LogP) is 18.1. The Labute approximate surface area is 495 Å². The minimum absolute atomic E-state index is 0. The molecule has 29 heteroatoms. The maximum Gasteiger partial charge on any atom is 2.00 e. The molecular formula is C58H46BF24N2PRu. The van der Waals surface area contributed by atoms with Crippen molar-refractivity contribution >= 4 is 45.8 Å². The smallest absolute Gasteiger partial charge is 0.616 e. The molecule has 0 saturated heterocycles. The molecule has 0 spiro atoms. The van der Waals surface area contributed by atoms with Crippen LogP contribution in [0.25, 0.3) is 5.09 Å². The van der Waals surface area contributed by atoms with Crippen LogP contribution in [0.4, 0.5) is 105 Å². The Bertz CT molecular complexity index is 3030. The van der Waals surface area contributed by atoms with Crippen molar-refractivity contribution in [3.05, 3.63) is 216 Å². The van der Waals surface area contributed by atoms with E-state index in [1.54, 1.807) is 0 Å². The molecule has 2 nitrogen and oxygen atoms in total. The zero-order valence-electron chi connectivity index (χ0n) is 46.0. The largest absolute Gasteiger partial charge is 2.00 e. The molecule has 0 aliphatic rings. The third-order valence-corrected chi connectivity index (χ3v) is 17.8. The summed E-state index contributed by atoms with van der Waals surface area (Å²) < 4.78 is 345. The molecule has 7 rings (SSSR count). The van der Waals surface area contributed by atoms with E-state index in [0.717, 1.165) is 0 Å². The monoisotopic (exact) mass is 1370 g/mol. The van der Waals surface area contributed by atoms with Gasteiger partial charge in [-0.2, -0.15) is 134 Å². The summed E-state index contributed by atoms with van der Waals surface area (Å²) in [4.78, 5) is 0. The number of hydrogen-bond donors (Lipinski definition) is 0. The fourth-order valence-electron chi connectivity index (χ4n) is 9.73. The molecule has 0 amide bonds. The van der Waals surface area contributed by atoms with Gasteiger partial charge in [-0.15, -0.1) is 0 Å². The number of benzene rings is 7. The molecule has 472 valence electrons. The first-order chi connectivity index (χ1) is 39.1. The van der Waals surface area contributed by atoms with Crippen LogP contribution in [0.5, 0.6) is 0 Å². The zero-order valence-corrected chi connectivity index (χ0v) is 48.7. The van der Waals surface area contributed by atoms with Gasteiger partial charge < -0.3 is 9.83 Å². The molecule has 0 atom stereocenters. The van der Waals surface area contributed by atoms with Crippen molar-refractivity contribution in [1.29, 1.82) is 0 Å². The summed E-state index contributed by atoms with van der Waals surface area (Å²) >= 11 is 0. The average molecular weight is 1370 g/mol. The van der Waals surface area contributed by atoms with Crippen molar-refractivity contribution in [2.24, 2.45) is 4.74 Å². The van der Waals surface area contributed by atoms with E-state index in [-0.39, 0.29) is 19.5 Å². The first-order valence-electron chi connectivity index (χ1n) is 24.7. The Morgan fingerprint density at radius 1 is 0.299 bits per heavy atom. The van der Waals surface area contributed by atoms with Crippen molar-refractivity contribution in [3.63, 3.8) is 0 Å². The van der Waals surface area contributed by atoms with Crippen molar-refractivity contribution in [2.45, 2.75) is 91.0 Å². The third-order valence-electron chi connectivity index (χ3n) is 14.6. The molecule has 0 fully saturated rings. The second-order valence-corrected chi connectivity index (χ2v) is 22.7. The van der Waals surface area contributed by atoms with Gasteiger partial charge in [-0.25, -0.2) is 0 Å². The van der Waals surface area contributed by atoms with Crippen LogP contribution in [0.15, 0.2) is 138 Å². The van der Waals surface area contributed by atoms with Crippen LogP contribution in [-0.4, -0.2) is 20.2 Å². The number of rotatable bonds is 7. The molecule has 7 aromatic rings. The molecule has 7 aromatic carbocycles. The van der Waals surface area contributed by atoms with Crippen molar-refractivity contribution < 1.29 is 125 Å². The van der Waals surface area contributed by atoms with Gasteiger partial charge in [0.1, 0.15) is 6.15 Å². The van der Waals surface area contributed by atoms with Crippen LogP contribution < -0.4 is 32.5 Å². The van der Waals surface area contributed by atoms with Gasteiger partial charge in [-0.1, -0.05) is 116 Å². The Balaban J connectivity index is 0.000000435. The number of hydrogen-bond acceptors (Lipinski definition) is 1. The van der Waals surface area contributed by atoms with E-state index >= 15 is 0 Å². The van der Waals surface area contributed by atoms with Gasteiger partial charge in [0, 0.05) is 7.05 Å². The maximum absolute atomic E-state index is 14.2. The summed E-state index contributed by atoms with van der Waals surface area (Å²) in [6.45, 7) is 13.3. The Morgan fingerprint density at radius 3 is 0.586 bits per heavy atom. The Kier molecular flexibility index (Phi) is 21.9. The van der Waals surface area contributed by atoms with Gasteiger partial charge in [0.05, 0.1) is 44.5 Å². The molecule has 0 unspecified atom stereocenters. The first-order valence-corrected chi connectivity index (χ1v) is 26.4. The number of nitrogens with zero attached hydrogens (tertiary/aromatic N) is 2. The molecule has 0 saturated carbocycles. The maximum atomic E-state index is 14.2. The average Bonchev–Trinajstić information content (AvgIpc) is 0.838. The van der Waals surface area contributed by atoms with Crippen LogP contribution in [0.1, 0.15) is 77.9 Å². The standard InChI is InChI=1S/C32H12BF24.C14H16N2P.C12H18.Ru/c34-25(35,36)13-1-14(26(37,38)39)6-21(5-13)33(22-7-15(27(40,41)42)2-16(8-22)28(43,44)45,23-9-17(29(46,47)48)3-18(10-23)30(49,50)51)24-11-19(31(52,53)54)4-20(12-24)32(55,56)57;1-15-17(16-2,13-9-5-3-6-10-13)14-11-7-4-8-12-14;1-7-8(2)10(4)12(6)11(5)9(7)3;/h1-12H;3-12H,1-2H3;1-6H3;/q2*-1;;+2. The van der Waals surface area contributed by atoms with Crippen LogP contribution in [0, 0.1) is 41.5 Å². The zero-order chi connectivity index (χ0) is 65.5. The van der Waals surface area contributed by atoms with Crippen LogP contribution in [-0.2, 0) is 68.9 Å². The number of halogens is 24. The third kappa shape index (κ3) is 16.3. The summed E-state index contributed by atoms with van der Waals surface area (Å²) in [7, 11) is 1.81. The molecule has 0 radical (unpaired) electrons. The molecular weight excluding hydrogens is 1320 g/mol. The Hall–Kier alpha value is -6.26. The normalized spacial score (nSPS) is 13.0. The van der Waals surface area contributed by atoms with Crippen LogP contribution >= 0.6 is 7.21 Å². The van der Waals surface area contributed by atoms with Crippen LogP contribution in [0.2, 0.25) is 0 Å². The van der Waals surface area contributed by atoms with Gasteiger partial charge in [0.2, 0.25) is 0 Å². The van der Waals surface area contributed by atoms with Crippen molar-refractivity contribution in [3.8, 4) is 0 Å². The van der Waals surface area contributed by atoms with Gasteiger partial charge >= 0.3 is 68.9 Å². The van der Waals surface area contributed by atoms with Gasteiger partial charge in [-0.3, -0.25) is 0 Å². The minimum atomic E-state index is -6.13. The molecule has 0 aliphatic carbocycles. The Morgan fingerprint density at radius 2 is 0.460 bits per heavy atom. The van der Waals surface area contributed by atoms with E-state index in [1.165, 1.54) is 44.0 Å². The van der Waals surface area contributed by atoms with Crippen molar-refractivity contribution in [1.82, 2.24) is 0 Å². The summed E-state index contributed by atoms with van der Waals surface area (Å²) in [6.07, 6.45) is -54.8. The van der Waals surface area contributed by atoms with Gasteiger partial charge in [0.15, 0.2) is 0 Å². The van der Waals surface area contributed by atoms with E-state index in [2.05, 4.69) is 75.6 Å². The quantitative estimate of drug-likeness (QED) is 0.0864. The fraction of sp³-hybridized carbons (Fsp3) is 0.276. The summed E-state index contributed by atoms with van der Waals surface area (Å²) in [5, 5.41) is 7.03. The minimum Gasteiger partial charge on any atom is -0.616 e. The van der Waals surface area contributed by atoms with E-state index < -0.39 is 202 Å². The predicted molar refractivity (Wildman–Crippen MR) is 282 cm³/mol. The van der Waals surface area contributed by atoms with Crippen molar-refractivity contribution in [2.75, 3.05) is 14.1 Å². The topological polar surface area (TPSA) is 26.5 Å². The molecule has 0 aromatic heterocycles. The van der Waals surface area contributed by atoms with E-state index in [1.807, 2.05) is 50.5 Å². The molecule has 0 N–H and O–H groups in total.